The van der Waals surface area contributed by atoms with Gasteiger partial charge >= 0.3 is 23.9 Å². The van der Waals surface area contributed by atoms with Crippen LogP contribution in [0.25, 0.3) is 0 Å². The van der Waals surface area contributed by atoms with E-state index < -0.39 is 11.9 Å². The zero-order valence-corrected chi connectivity index (χ0v) is 21.0. The zero-order valence-electron chi connectivity index (χ0n) is 21.0. The van der Waals surface area contributed by atoms with Crippen molar-refractivity contribution in [1.82, 2.24) is 0 Å². The third-order valence-corrected chi connectivity index (χ3v) is 4.40. The Morgan fingerprint density at radius 1 is 0.559 bits per heavy atom. The van der Waals surface area contributed by atoms with Crippen molar-refractivity contribution in [2.24, 2.45) is 0 Å². The average molecular weight is 485 g/mol. The fourth-order valence-corrected chi connectivity index (χ4v) is 2.58. The predicted molar refractivity (Wildman–Crippen MR) is 131 cm³/mol. The molecule has 0 saturated heterocycles. The molecule has 0 aromatic heterocycles. The number of hydrogen-bond acceptors (Lipinski definition) is 6. The molecule has 8 heteroatoms. The third-order valence-electron chi connectivity index (χ3n) is 4.40. The van der Waals surface area contributed by atoms with Gasteiger partial charge in [-0.2, -0.15) is 0 Å². The first-order valence-corrected chi connectivity index (χ1v) is 12.4. The van der Waals surface area contributed by atoms with Crippen LogP contribution in [0.4, 0.5) is 0 Å². The van der Waals surface area contributed by atoms with Crippen molar-refractivity contribution in [2.75, 3.05) is 13.2 Å². The van der Waals surface area contributed by atoms with Crippen molar-refractivity contribution in [3.63, 3.8) is 0 Å². The van der Waals surface area contributed by atoms with Crippen LogP contribution in [0, 0.1) is 0 Å². The van der Waals surface area contributed by atoms with E-state index in [0.29, 0.717) is 26.1 Å². The molecule has 0 aliphatic rings. The zero-order chi connectivity index (χ0) is 25.9. The summed E-state index contributed by atoms with van der Waals surface area (Å²) < 4.78 is 9.95. The van der Waals surface area contributed by atoms with Gasteiger partial charge in [0.05, 0.1) is 13.2 Å². The highest BCUT2D eigenvalue weighted by Gasteiger charge is 2.05. The minimum absolute atomic E-state index is 0.0247. The molecule has 0 atom stereocenters. The number of carboxylic acids is 2. The van der Waals surface area contributed by atoms with Crippen LogP contribution in [-0.4, -0.2) is 47.3 Å². The van der Waals surface area contributed by atoms with Crippen LogP contribution in [-0.2, 0) is 28.7 Å². The minimum Gasteiger partial charge on any atom is -0.481 e. The molecule has 0 bridgehead atoms. The Balaban J connectivity index is 0. The maximum absolute atomic E-state index is 11.1. The van der Waals surface area contributed by atoms with Crippen LogP contribution in [0.15, 0.2) is 24.3 Å². The van der Waals surface area contributed by atoms with Crippen LogP contribution in [0.1, 0.15) is 104 Å². The molecule has 0 aromatic carbocycles. The number of rotatable bonds is 20. The fraction of sp³-hybridized carbons (Fsp3) is 0.692. The lowest BCUT2D eigenvalue weighted by molar-refractivity contribution is -0.145. The lowest BCUT2D eigenvalue weighted by Crippen LogP contribution is -2.06. The fourth-order valence-electron chi connectivity index (χ4n) is 2.58. The van der Waals surface area contributed by atoms with E-state index in [9.17, 15) is 19.2 Å². The molecule has 34 heavy (non-hydrogen) atoms. The summed E-state index contributed by atoms with van der Waals surface area (Å²) >= 11 is 0. The molecule has 0 rings (SSSR count). The van der Waals surface area contributed by atoms with Gasteiger partial charge in [-0.15, -0.1) is 0 Å². The highest BCUT2D eigenvalue weighted by atomic mass is 16.5. The maximum Gasteiger partial charge on any atom is 0.305 e. The summed E-state index contributed by atoms with van der Waals surface area (Å²) in [7, 11) is 0. The van der Waals surface area contributed by atoms with Gasteiger partial charge in [-0.1, -0.05) is 38.2 Å². The molecule has 0 spiro atoms. The van der Waals surface area contributed by atoms with E-state index in [-0.39, 0.29) is 37.6 Å². The molecule has 0 aliphatic heterocycles. The summed E-state index contributed by atoms with van der Waals surface area (Å²) in [6.07, 6.45) is 17.6. The second-order valence-electron chi connectivity index (χ2n) is 7.69. The second kappa shape index (κ2) is 26.6. The van der Waals surface area contributed by atoms with Crippen LogP contribution in [0.3, 0.4) is 0 Å². The molecule has 0 fully saturated rings. The van der Waals surface area contributed by atoms with E-state index in [1.165, 1.54) is 0 Å². The molecule has 0 aliphatic carbocycles. The molecule has 0 amide bonds. The Labute approximate surface area is 204 Å². The predicted octanol–water partition coefficient (Wildman–Crippen LogP) is 5.84. The monoisotopic (exact) mass is 484 g/mol. The first kappa shape index (κ1) is 33.5. The molecule has 0 saturated carbocycles. The summed E-state index contributed by atoms with van der Waals surface area (Å²) in [5, 5.41) is 16.8. The quantitative estimate of drug-likeness (QED) is 0.125. The van der Waals surface area contributed by atoms with E-state index >= 15 is 0 Å². The van der Waals surface area contributed by atoms with Gasteiger partial charge in [-0.05, 0) is 64.2 Å². The van der Waals surface area contributed by atoms with Crippen molar-refractivity contribution in [2.45, 2.75) is 104 Å². The summed E-state index contributed by atoms with van der Waals surface area (Å²) in [5.41, 5.74) is 0. The molecule has 0 aromatic rings. The Morgan fingerprint density at radius 3 is 1.26 bits per heavy atom. The maximum atomic E-state index is 11.1. The summed E-state index contributed by atoms with van der Waals surface area (Å²) in [5.74, 6) is -2.34. The molecular weight excluding hydrogens is 440 g/mol. The summed E-state index contributed by atoms with van der Waals surface area (Å²) in [6, 6.07) is 0. The Bertz CT molecular complexity index is 544. The van der Waals surface area contributed by atoms with E-state index in [4.69, 9.17) is 19.7 Å². The first-order valence-electron chi connectivity index (χ1n) is 12.4. The van der Waals surface area contributed by atoms with Crippen molar-refractivity contribution < 1.29 is 38.9 Å². The minimum atomic E-state index is -0.875. The topological polar surface area (TPSA) is 127 Å². The van der Waals surface area contributed by atoms with Gasteiger partial charge in [-0.25, -0.2) is 0 Å². The third kappa shape index (κ3) is 31.5. The number of allylic oxidation sites excluding steroid dienone is 4. The number of carbonyl (C=O) groups excluding carboxylic acids is 2. The summed E-state index contributed by atoms with van der Waals surface area (Å²) in [4.78, 5) is 42.7. The first-order chi connectivity index (χ1) is 16.3. The SMILES string of the molecule is CC/C=C\CCCCOC(=O)CCCC(=O)O.CC/C=C\CCCCOC(=O)CCCC(=O)O. The number of carboxylic acid groups (broad SMARTS) is 2. The van der Waals surface area contributed by atoms with Crippen LogP contribution in [0.2, 0.25) is 0 Å². The Morgan fingerprint density at radius 2 is 0.941 bits per heavy atom. The van der Waals surface area contributed by atoms with Crippen LogP contribution < -0.4 is 0 Å². The largest absolute Gasteiger partial charge is 0.481 e. The van der Waals surface area contributed by atoms with Crippen molar-refractivity contribution in [3.8, 4) is 0 Å². The van der Waals surface area contributed by atoms with Gasteiger partial charge in [0.2, 0.25) is 0 Å². The number of ether oxygens (including phenoxy) is 2. The molecule has 8 nitrogen and oxygen atoms in total. The van der Waals surface area contributed by atoms with E-state index in [0.717, 1.165) is 51.4 Å². The molecule has 0 heterocycles. The van der Waals surface area contributed by atoms with Crippen molar-refractivity contribution in [1.29, 1.82) is 0 Å². The standard InChI is InChI=1S/2C13H22O4/c2*1-2-3-4-5-6-7-11-17-13(16)10-8-9-12(14)15/h2*3-4H,2,5-11H2,1H3,(H,14,15)/b2*4-3-. The average Bonchev–Trinajstić information content (AvgIpc) is 2.78. The summed E-state index contributed by atoms with van der Waals surface area (Å²) in [6.45, 7) is 5.06. The molecule has 2 N–H and O–H groups in total. The van der Waals surface area contributed by atoms with Gasteiger partial charge in [0.25, 0.3) is 0 Å². The Kier molecular flexibility index (Phi) is 26.2. The number of aliphatic carboxylic acids is 2. The normalized spacial score (nSPS) is 10.6. The van der Waals surface area contributed by atoms with Gasteiger partial charge in [0.15, 0.2) is 0 Å². The van der Waals surface area contributed by atoms with E-state index in [2.05, 4.69) is 38.2 Å². The second-order valence-corrected chi connectivity index (χ2v) is 7.69. The lowest BCUT2D eigenvalue weighted by atomic mass is 10.2. The smallest absolute Gasteiger partial charge is 0.305 e. The van der Waals surface area contributed by atoms with Crippen LogP contribution in [0.5, 0.6) is 0 Å². The number of unbranched alkanes of at least 4 members (excludes halogenated alkanes) is 4. The molecule has 0 unspecified atom stereocenters. The number of hydrogen-bond donors (Lipinski definition) is 2. The van der Waals surface area contributed by atoms with Gasteiger partial charge in [0, 0.05) is 25.7 Å². The van der Waals surface area contributed by atoms with Crippen LogP contribution >= 0.6 is 0 Å². The van der Waals surface area contributed by atoms with Gasteiger partial charge < -0.3 is 19.7 Å². The van der Waals surface area contributed by atoms with Gasteiger partial charge in [-0.3, -0.25) is 19.2 Å². The lowest BCUT2D eigenvalue weighted by Gasteiger charge is -2.03. The highest BCUT2D eigenvalue weighted by Crippen LogP contribution is 2.03. The van der Waals surface area contributed by atoms with Crippen molar-refractivity contribution >= 4 is 23.9 Å². The molecular formula is C26H44O8. The van der Waals surface area contributed by atoms with E-state index in [1.807, 2.05) is 0 Å². The van der Waals surface area contributed by atoms with Crippen molar-refractivity contribution in [3.05, 3.63) is 24.3 Å². The molecule has 196 valence electrons. The highest BCUT2D eigenvalue weighted by molar-refractivity contribution is 5.72. The number of carbonyl (C=O) groups is 4. The van der Waals surface area contributed by atoms with Gasteiger partial charge in [0.1, 0.15) is 0 Å². The Hall–Kier alpha value is -2.64. The van der Waals surface area contributed by atoms with E-state index in [1.54, 1.807) is 0 Å². The molecule has 0 radical (unpaired) electrons. The number of esters is 2.